The quantitative estimate of drug-likeness (QED) is 0.0261. The van der Waals surface area contributed by atoms with Crippen molar-refractivity contribution in [2.75, 3.05) is 13.2 Å². The Labute approximate surface area is 449 Å². The third kappa shape index (κ3) is 58.3. The van der Waals surface area contributed by atoms with Crippen molar-refractivity contribution in [3.63, 3.8) is 0 Å². The Balaban J connectivity index is 4.42. The van der Waals surface area contributed by atoms with Gasteiger partial charge >= 0.3 is 17.9 Å². The molecule has 0 aliphatic rings. The minimum atomic E-state index is -0.813. The van der Waals surface area contributed by atoms with E-state index >= 15 is 0 Å². The van der Waals surface area contributed by atoms with Crippen LogP contribution in [0.25, 0.3) is 0 Å². The molecule has 1 unspecified atom stereocenters. The fourth-order valence-corrected chi connectivity index (χ4v) is 7.67. The van der Waals surface area contributed by atoms with Crippen molar-refractivity contribution in [1.29, 1.82) is 0 Å². The lowest BCUT2D eigenvalue weighted by molar-refractivity contribution is -0.167. The molecule has 73 heavy (non-hydrogen) atoms. The summed E-state index contributed by atoms with van der Waals surface area (Å²) >= 11 is 0. The van der Waals surface area contributed by atoms with Crippen molar-refractivity contribution in [3.8, 4) is 0 Å². The highest BCUT2D eigenvalue weighted by atomic mass is 16.6. The summed E-state index contributed by atoms with van der Waals surface area (Å²) in [5, 5.41) is 0. The van der Waals surface area contributed by atoms with E-state index in [2.05, 4.69) is 154 Å². The Morgan fingerprint density at radius 1 is 0.288 bits per heavy atom. The first-order chi connectivity index (χ1) is 36.0. The number of esters is 3. The second-order valence-electron chi connectivity index (χ2n) is 19.2. The minimum Gasteiger partial charge on any atom is -0.462 e. The van der Waals surface area contributed by atoms with E-state index in [4.69, 9.17) is 14.2 Å². The SMILES string of the molecule is CC/C=C\C/C=C\C/C=C\C/C=C\C/C=C\C/C=C\C/C=C\C/C=C\C/C=C\CCCC(=O)OCC(COC(=O)CCCCCCC/C=C\CCCCC)OC(=O)CCCCCCC/C=C\CCCCCCC. The second-order valence-corrected chi connectivity index (χ2v) is 19.2. The molecular formula is C67H108O6. The van der Waals surface area contributed by atoms with Crippen molar-refractivity contribution in [1.82, 2.24) is 0 Å². The van der Waals surface area contributed by atoms with Gasteiger partial charge in [0, 0.05) is 19.3 Å². The monoisotopic (exact) mass is 1010 g/mol. The summed E-state index contributed by atoms with van der Waals surface area (Å²) in [5.74, 6) is -0.990. The van der Waals surface area contributed by atoms with Crippen molar-refractivity contribution >= 4 is 17.9 Å². The number of rotatable bonds is 52. The zero-order valence-corrected chi connectivity index (χ0v) is 47.1. The molecule has 0 saturated heterocycles. The van der Waals surface area contributed by atoms with Crippen LogP contribution in [-0.2, 0) is 28.6 Å². The van der Waals surface area contributed by atoms with Gasteiger partial charge < -0.3 is 14.2 Å². The number of allylic oxidation sites excluding steroid dienone is 22. The summed E-state index contributed by atoms with van der Waals surface area (Å²) in [6, 6.07) is 0. The van der Waals surface area contributed by atoms with Crippen LogP contribution in [0.4, 0.5) is 0 Å². The van der Waals surface area contributed by atoms with Gasteiger partial charge in [0.1, 0.15) is 13.2 Å². The van der Waals surface area contributed by atoms with Crippen LogP contribution in [0.2, 0.25) is 0 Å². The molecule has 0 N–H and O–H groups in total. The van der Waals surface area contributed by atoms with Crippen LogP contribution < -0.4 is 0 Å². The van der Waals surface area contributed by atoms with Crippen LogP contribution >= 0.6 is 0 Å². The van der Waals surface area contributed by atoms with E-state index in [1.54, 1.807) is 0 Å². The Hall–Kier alpha value is -4.45. The lowest BCUT2D eigenvalue weighted by Crippen LogP contribution is -2.30. The molecule has 0 bridgehead atoms. The average molecular weight is 1010 g/mol. The molecule has 0 radical (unpaired) electrons. The van der Waals surface area contributed by atoms with Crippen molar-refractivity contribution in [3.05, 3.63) is 134 Å². The highest BCUT2D eigenvalue weighted by Crippen LogP contribution is 2.13. The Morgan fingerprint density at radius 2 is 0.548 bits per heavy atom. The zero-order chi connectivity index (χ0) is 52.9. The number of carbonyl (C=O) groups excluding carboxylic acids is 3. The third-order valence-corrected chi connectivity index (χ3v) is 12.1. The molecular weight excluding hydrogens is 901 g/mol. The lowest BCUT2D eigenvalue weighted by Gasteiger charge is -2.18. The van der Waals surface area contributed by atoms with E-state index in [0.717, 1.165) is 128 Å². The summed E-state index contributed by atoms with van der Waals surface area (Å²) in [7, 11) is 0. The van der Waals surface area contributed by atoms with Crippen LogP contribution in [0.15, 0.2) is 134 Å². The molecule has 0 amide bonds. The van der Waals surface area contributed by atoms with Crippen LogP contribution in [0.3, 0.4) is 0 Å². The van der Waals surface area contributed by atoms with Gasteiger partial charge in [0.25, 0.3) is 0 Å². The van der Waals surface area contributed by atoms with E-state index in [0.29, 0.717) is 19.3 Å². The molecule has 0 spiro atoms. The van der Waals surface area contributed by atoms with Gasteiger partial charge in [0.15, 0.2) is 6.10 Å². The smallest absolute Gasteiger partial charge is 0.306 e. The summed E-state index contributed by atoms with van der Waals surface area (Å²) in [5.41, 5.74) is 0. The first kappa shape index (κ1) is 68.6. The summed E-state index contributed by atoms with van der Waals surface area (Å²) in [4.78, 5) is 38.1. The first-order valence-corrected chi connectivity index (χ1v) is 29.7. The first-order valence-electron chi connectivity index (χ1n) is 29.7. The molecule has 0 aromatic carbocycles. The molecule has 0 aromatic rings. The maximum atomic E-state index is 12.8. The molecule has 0 aliphatic carbocycles. The normalized spacial score (nSPS) is 13.1. The minimum absolute atomic E-state index is 0.107. The van der Waals surface area contributed by atoms with E-state index < -0.39 is 6.10 Å². The van der Waals surface area contributed by atoms with Gasteiger partial charge in [-0.05, 0) is 135 Å². The maximum Gasteiger partial charge on any atom is 0.306 e. The summed E-state index contributed by atoms with van der Waals surface area (Å²) in [6.07, 6.45) is 84.5. The van der Waals surface area contributed by atoms with Crippen LogP contribution in [-0.4, -0.2) is 37.2 Å². The van der Waals surface area contributed by atoms with Gasteiger partial charge in [0.2, 0.25) is 0 Å². The number of carbonyl (C=O) groups is 3. The molecule has 0 saturated carbocycles. The largest absolute Gasteiger partial charge is 0.462 e. The Kier molecular flexibility index (Phi) is 56.4. The van der Waals surface area contributed by atoms with Gasteiger partial charge in [-0.15, -0.1) is 0 Å². The molecule has 6 heteroatoms. The van der Waals surface area contributed by atoms with E-state index in [-0.39, 0.29) is 37.5 Å². The standard InChI is InChI=1S/C67H108O6/c1-4-7-10-13-16-19-22-25-27-28-29-30-31-32-33-34-35-36-37-38-39-40-41-43-45-48-51-54-57-60-66(69)72-63-64(62-71-65(68)59-56-53-50-47-44-24-21-18-15-12-9-6-3)73-67(70)61-58-55-52-49-46-42-26-23-20-17-14-11-8-5-2/h7,10,16,18-19,21,23,25-27,29-30,32-33,35-36,38-39,41,43,48,51,64H,4-6,8-9,11-15,17,20,22,24,28,31,34,37,40,42,44-47,49-50,52-63H2,1-3H3/b10-7-,19-16-,21-18-,26-23-,27-25-,30-29-,33-32-,36-35-,39-38-,43-41-,51-48-. The highest BCUT2D eigenvalue weighted by molar-refractivity contribution is 5.71. The fraction of sp³-hybridized carbons (Fsp3) is 0.627. The predicted octanol–water partition coefficient (Wildman–Crippen LogP) is 20.2. The molecule has 1 atom stereocenters. The number of hydrogen-bond acceptors (Lipinski definition) is 6. The van der Waals surface area contributed by atoms with E-state index in [1.165, 1.54) is 77.0 Å². The van der Waals surface area contributed by atoms with Gasteiger partial charge in [-0.25, -0.2) is 0 Å². The molecule has 412 valence electrons. The van der Waals surface area contributed by atoms with Gasteiger partial charge in [-0.3, -0.25) is 14.4 Å². The second kappa shape index (κ2) is 60.1. The topological polar surface area (TPSA) is 78.9 Å². The van der Waals surface area contributed by atoms with E-state index in [1.807, 2.05) is 0 Å². The molecule has 0 fully saturated rings. The third-order valence-electron chi connectivity index (χ3n) is 12.1. The number of hydrogen-bond donors (Lipinski definition) is 0. The van der Waals surface area contributed by atoms with Gasteiger partial charge in [-0.2, -0.15) is 0 Å². The number of unbranched alkanes of at least 4 members (excludes halogenated alkanes) is 19. The molecule has 0 rings (SSSR count). The Bertz CT molecular complexity index is 1580. The average Bonchev–Trinajstić information content (AvgIpc) is 3.39. The summed E-state index contributed by atoms with van der Waals surface area (Å²) in [6.45, 7) is 6.42. The lowest BCUT2D eigenvalue weighted by atomic mass is 10.1. The molecule has 0 aromatic heterocycles. The molecule has 0 heterocycles. The number of ether oxygens (including phenoxy) is 3. The predicted molar refractivity (Wildman–Crippen MR) is 316 cm³/mol. The van der Waals surface area contributed by atoms with Crippen molar-refractivity contribution in [2.24, 2.45) is 0 Å². The molecule has 0 aliphatic heterocycles. The van der Waals surface area contributed by atoms with Crippen LogP contribution in [0.1, 0.15) is 252 Å². The highest BCUT2D eigenvalue weighted by Gasteiger charge is 2.19. The Morgan fingerprint density at radius 3 is 0.932 bits per heavy atom. The summed E-state index contributed by atoms with van der Waals surface area (Å²) < 4.78 is 16.8. The van der Waals surface area contributed by atoms with Crippen LogP contribution in [0.5, 0.6) is 0 Å². The van der Waals surface area contributed by atoms with Crippen molar-refractivity contribution in [2.45, 2.75) is 258 Å². The fourth-order valence-electron chi connectivity index (χ4n) is 7.67. The van der Waals surface area contributed by atoms with Gasteiger partial charge in [0.05, 0.1) is 0 Å². The van der Waals surface area contributed by atoms with E-state index in [9.17, 15) is 14.4 Å². The zero-order valence-electron chi connectivity index (χ0n) is 47.1. The maximum absolute atomic E-state index is 12.8. The van der Waals surface area contributed by atoms with Gasteiger partial charge in [-0.1, -0.05) is 231 Å². The van der Waals surface area contributed by atoms with Crippen molar-refractivity contribution < 1.29 is 28.6 Å². The van der Waals surface area contributed by atoms with Crippen LogP contribution in [0, 0.1) is 0 Å². The molecule has 6 nitrogen and oxygen atoms in total.